The van der Waals surface area contributed by atoms with Crippen molar-refractivity contribution in [1.82, 2.24) is 4.98 Å². The number of carboxylic acid groups (broad SMARTS) is 2. The SMILES string of the molecule is CCC(CC)(c1ccccc1OCc1cnc2ccc(OC)cc2c1OC(C)C)C(C(=O)O)C(=O)O.Cl. The molecule has 0 aliphatic carbocycles. The van der Waals surface area contributed by atoms with Gasteiger partial charge in [0.25, 0.3) is 0 Å². The Morgan fingerprint density at radius 2 is 1.68 bits per heavy atom. The van der Waals surface area contributed by atoms with Crippen molar-refractivity contribution in [3.05, 3.63) is 59.8 Å². The van der Waals surface area contributed by atoms with Crippen LogP contribution in [0.1, 0.15) is 51.7 Å². The number of aliphatic carboxylic acids is 2. The van der Waals surface area contributed by atoms with Gasteiger partial charge in [-0.25, -0.2) is 0 Å². The summed E-state index contributed by atoms with van der Waals surface area (Å²) in [7, 11) is 1.59. The van der Waals surface area contributed by atoms with Crippen molar-refractivity contribution < 1.29 is 34.0 Å². The van der Waals surface area contributed by atoms with E-state index in [9.17, 15) is 19.8 Å². The molecule has 0 fully saturated rings. The van der Waals surface area contributed by atoms with E-state index in [4.69, 9.17) is 14.2 Å². The van der Waals surface area contributed by atoms with Crippen molar-refractivity contribution in [2.45, 2.75) is 58.7 Å². The molecule has 0 aliphatic heterocycles. The lowest BCUT2D eigenvalue weighted by atomic mass is 9.66. The fraction of sp³-hybridized carbons (Fsp3) is 0.393. The van der Waals surface area contributed by atoms with Crippen LogP contribution < -0.4 is 14.2 Å². The molecule has 0 aliphatic rings. The second-order valence-corrected chi connectivity index (χ2v) is 8.92. The topological polar surface area (TPSA) is 115 Å². The Morgan fingerprint density at radius 1 is 1.03 bits per heavy atom. The Morgan fingerprint density at radius 3 is 2.24 bits per heavy atom. The van der Waals surface area contributed by atoms with Crippen LogP contribution in [0.5, 0.6) is 17.2 Å². The number of rotatable bonds is 12. The number of carboxylic acids is 2. The molecule has 0 unspecified atom stereocenters. The van der Waals surface area contributed by atoms with Gasteiger partial charge in [0, 0.05) is 22.6 Å². The first-order valence-electron chi connectivity index (χ1n) is 12.0. The summed E-state index contributed by atoms with van der Waals surface area (Å²) in [6.45, 7) is 7.55. The number of nitrogens with zero attached hydrogens (tertiary/aromatic N) is 1. The number of carbonyl (C=O) groups is 2. The molecule has 3 aromatic rings. The number of pyridine rings is 1. The van der Waals surface area contributed by atoms with Crippen molar-refractivity contribution in [1.29, 1.82) is 0 Å². The van der Waals surface area contributed by atoms with Crippen LogP contribution in [0.15, 0.2) is 48.7 Å². The van der Waals surface area contributed by atoms with Crippen LogP contribution in [-0.4, -0.2) is 40.3 Å². The monoisotopic (exact) mass is 531 g/mol. The van der Waals surface area contributed by atoms with Crippen molar-refractivity contribution in [2.24, 2.45) is 5.92 Å². The summed E-state index contributed by atoms with van der Waals surface area (Å²) >= 11 is 0. The minimum atomic E-state index is -1.62. The summed E-state index contributed by atoms with van der Waals surface area (Å²) in [5.74, 6) is -2.65. The summed E-state index contributed by atoms with van der Waals surface area (Å²) in [6, 6.07) is 12.6. The Hall–Kier alpha value is -3.52. The van der Waals surface area contributed by atoms with Gasteiger partial charge in [0.15, 0.2) is 5.92 Å². The van der Waals surface area contributed by atoms with Crippen molar-refractivity contribution >= 4 is 35.2 Å². The van der Waals surface area contributed by atoms with Crippen LogP contribution >= 0.6 is 12.4 Å². The summed E-state index contributed by atoms with van der Waals surface area (Å²) in [4.78, 5) is 28.6. The van der Waals surface area contributed by atoms with Crippen LogP contribution in [-0.2, 0) is 21.6 Å². The number of aromatic nitrogens is 1. The van der Waals surface area contributed by atoms with Crippen LogP contribution in [0, 0.1) is 5.92 Å². The van der Waals surface area contributed by atoms with Gasteiger partial charge in [-0.1, -0.05) is 32.0 Å². The van der Waals surface area contributed by atoms with Gasteiger partial charge in [-0.15, -0.1) is 12.4 Å². The molecule has 200 valence electrons. The lowest BCUT2D eigenvalue weighted by Gasteiger charge is -2.36. The highest BCUT2D eigenvalue weighted by Crippen LogP contribution is 2.44. The molecule has 0 saturated heterocycles. The smallest absolute Gasteiger partial charge is 0.318 e. The fourth-order valence-electron chi connectivity index (χ4n) is 4.73. The standard InChI is InChI=1S/C28H33NO7.ClH/c1-6-28(7-2,24(26(30)31)27(32)33)21-10-8-9-11-23(21)35-16-18-15-29-22-13-12-19(34-5)14-20(22)25(18)36-17(3)4;/h8-15,17,24H,6-7,16H2,1-5H3,(H,30,31)(H,32,33);1H. The third kappa shape index (κ3) is 6.07. The average Bonchev–Trinajstić information content (AvgIpc) is 2.86. The van der Waals surface area contributed by atoms with Crippen molar-refractivity contribution in [2.75, 3.05) is 7.11 Å². The highest BCUT2D eigenvalue weighted by Gasteiger charge is 2.48. The summed E-state index contributed by atoms with van der Waals surface area (Å²) in [5, 5.41) is 20.4. The fourth-order valence-corrected chi connectivity index (χ4v) is 4.73. The summed E-state index contributed by atoms with van der Waals surface area (Å²) < 4.78 is 17.8. The largest absolute Gasteiger partial charge is 0.497 e. The van der Waals surface area contributed by atoms with Gasteiger partial charge in [0.1, 0.15) is 23.9 Å². The van der Waals surface area contributed by atoms with E-state index in [2.05, 4.69) is 4.98 Å². The summed E-state index contributed by atoms with van der Waals surface area (Å²) in [5.41, 5.74) is 0.843. The Labute approximate surface area is 223 Å². The normalized spacial score (nSPS) is 11.3. The predicted octanol–water partition coefficient (Wildman–Crippen LogP) is 5.87. The first-order valence-corrected chi connectivity index (χ1v) is 12.0. The number of benzene rings is 2. The molecule has 2 aromatic carbocycles. The molecule has 0 bridgehead atoms. The first-order chi connectivity index (χ1) is 17.2. The summed E-state index contributed by atoms with van der Waals surface area (Å²) in [6.07, 6.45) is 2.21. The molecule has 0 spiro atoms. The maximum absolute atomic E-state index is 12.0. The van der Waals surface area contributed by atoms with Crippen LogP contribution in [0.4, 0.5) is 0 Å². The number of hydrogen-bond donors (Lipinski definition) is 2. The van der Waals surface area contributed by atoms with Gasteiger partial charge in [-0.05, 0) is 51.0 Å². The zero-order chi connectivity index (χ0) is 26.5. The number of fused-ring (bicyclic) bond motifs is 1. The highest BCUT2D eigenvalue weighted by molar-refractivity contribution is 5.95. The lowest BCUT2D eigenvalue weighted by molar-refractivity contribution is -0.158. The third-order valence-electron chi connectivity index (χ3n) is 6.57. The second-order valence-electron chi connectivity index (χ2n) is 8.92. The van der Waals surface area contributed by atoms with E-state index in [1.807, 2.05) is 32.0 Å². The Bertz CT molecular complexity index is 1230. The molecule has 37 heavy (non-hydrogen) atoms. The van der Waals surface area contributed by atoms with Crippen molar-refractivity contribution in [3.63, 3.8) is 0 Å². The average molecular weight is 532 g/mol. The van der Waals surface area contributed by atoms with Crippen LogP contribution in [0.3, 0.4) is 0 Å². The van der Waals surface area contributed by atoms with E-state index in [0.29, 0.717) is 41.2 Å². The number of methoxy groups -OCH3 is 1. The Kier molecular flexibility index (Phi) is 10.1. The van der Waals surface area contributed by atoms with Gasteiger partial charge < -0.3 is 24.4 Å². The molecule has 0 atom stereocenters. The quantitative estimate of drug-likeness (QED) is 0.279. The number of ether oxygens (including phenoxy) is 3. The zero-order valence-corrected chi connectivity index (χ0v) is 22.5. The minimum Gasteiger partial charge on any atom is -0.497 e. The van der Waals surface area contributed by atoms with E-state index >= 15 is 0 Å². The first kappa shape index (κ1) is 29.7. The number of hydrogen-bond acceptors (Lipinski definition) is 6. The molecule has 0 radical (unpaired) electrons. The highest BCUT2D eigenvalue weighted by atomic mass is 35.5. The van der Waals surface area contributed by atoms with Crippen molar-refractivity contribution in [3.8, 4) is 17.2 Å². The van der Waals surface area contributed by atoms with Crippen LogP contribution in [0.25, 0.3) is 10.9 Å². The molecule has 0 saturated carbocycles. The molecule has 3 rings (SSSR count). The van der Waals surface area contributed by atoms with Gasteiger partial charge in [0.05, 0.1) is 24.3 Å². The Balaban J connectivity index is 0.00000481. The molecule has 0 amide bonds. The second kappa shape index (κ2) is 12.6. The minimum absolute atomic E-state index is 0. The van der Waals surface area contributed by atoms with E-state index in [0.717, 1.165) is 10.9 Å². The third-order valence-corrected chi connectivity index (χ3v) is 6.57. The van der Waals surface area contributed by atoms with Gasteiger partial charge >= 0.3 is 11.9 Å². The predicted molar refractivity (Wildman–Crippen MR) is 143 cm³/mol. The van der Waals surface area contributed by atoms with Gasteiger partial charge in [-0.2, -0.15) is 0 Å². The number of para-hydroxylation sites is 1. The van der Waals surface area contributed by atoms with Crippen LogP contribution in [0.2, 0.25) is 0 Å². The molecular formula is C28H34ClNO7. The molecule has 9 heteroatoms. The molecule has 1 aromatic heterocycles. The van der Waals surface area contributed by atoms with E-state index < -0.39 is 23.3 Å². The van der Waals surface area contributed by atoms with E-state index in [-0.39, 0.29) is 25.1 Å². The molecule has 8 nitrogen and oxygen atoms in total. The zero-order valence-electron chi connectivity index (χ0n) is 21.7. The van der Waals surface area contributed by atoms with Gasteiger partial charge in [-0.3, -0.25) is 14.6 Å². The number of halogens is 1. The lowest BCUT2D eigenvalue weighted by Crippen LogP contribution is -2.44. The van der Waals surface area contributed by atoms with Gasteiger partial charge in [0.2, 0.25) is 0 Å². The molecule has 2 N–H and O–H groups in total. The van der Waals surface area contributed by atoms with E-state index in [1.165, 1.54) is 0 Å². The molecular weight excluding hydrogens is 498 g/mol. The van der Waals surface area contributed by atoms with E-state index in [1.54, 1.807) is 51.4 Å². The molecule has 1 heterocycles. The maximum atomic E-state index is 12.0. The maximum Gasteiger partial charge on any atom is 0.318 e.